The van der Waals surface area contributed by atoms with Crippen LogP contribution in [0.2, 0.25) is 10.0 Å². The average Bonchev–Trinajstić information content (AvgIpc) is 2.45. The van der Waals surface area contributed by atoms with Gasteiger partial charge in [-0.3, -0.25) is 9.59 Å². The summed E-state index contributed by atoms with van der Waals surface area (Å²) in [7, 11) is 0. The van der Waals surface area contributed by atoms with Gasteiger partial charge in [-0.2, -0.15) is 0 Å². The molecule has 0 bridgehead atoms. The quantitative estimate of drug-likeness (QED) is 0.868. The van der Waals surface area contributed by atoms with E-state index in [1.807, 2.05) is 0 Å². The molecule has 0 aliphatic rings. The SMILES string of the molecule is O=C(O)CC(C(=O)O)(c1ccccc1Cl)c1ccccc1Cl. The lowest BCUT2D eigenvalue weighted by molar-refractivity contribution is -0.148. The number of rotatable bonds is 5. The molecule has 2 aromatic carbocycles. The van der Waals surface area contributed by atoms with E-state index >= 15 is 0 Å². The molecule has 2 aromatic rings. The zero-order chi connectivity index (χ0) is 16.3. The van der Waals surface area contributed by atoms with Gasteiger partial charge in [0.2, 0.25) is 0 Å². The maximum absolute atomic E-state index is 12.1. The van der Waals surface area contributed by atoms with Gasteiger partial charge in [0.1, 0.15) is 5.41 Å². The lowest BCUT2D eigenvalue weighted by Gasteiger charge is -2.30. The Hall–Kier alpha value is -2.04. The van der Waals surface area contributed by atoms with Crippen LogP contribution in [0.25, 0.3) is 0 Å². The summed E-state index contributed by atoms with van der Waals surface area (Å²) in [5, 5.41) is 19.4. The molecule has 0 aliphatic heterocycles. The second-order valence-electron chi connectivity index (χ2n) is 4.74. The van der Waals surface area contributed by atoms with Crippen LogP contribution >= 0.6 is 23.2 Å². The van der Waals surface area contributed by atoms with Crippen LogP contribution in [0.1, 0.15) is 17.5 Å². The summed E-state index contributed by atoms with van der Waals surface area (Å²) >= 11 is 12.3. The fourth-order valence-electron chi connectivity index (χ4n) is 2.48. The predicted octanol–water partition coefficient (Wildman–Crippen LogP) is 3.84. The highest BCUT2D eigenvalue weighted by Gasteiger charge is 2.46. The lowest BCUT2D eigenvalue weighted by Crippen LogP contribution is -2.40. The van der Waals surface area contributed by atoms with E-state index < -0.39 is 23.8 Å². The Morgan fingerprint density at radius 2 is 1.27 bits per heavy atom. The summed E-state index contributed by atoms with van der Waals surface area (Å²) in [5.41, 5.74) is -1.47. The monoisotopic (exact) mass is 338 g/mol. The molecule has 4 nitrogen and oxygen atoms in total. The number of hydrogen-bond acceptors (Lipinski definition) is 2. The highest BCUT2D eigenvalue weighted by Crippen LogP contribution is 2.42. The number of carbonyl (C=O) groups is 2. The molecule has 0 amide bonds. The number of benzene rings is 2. The van der Waals surface area contributed by atoms with Gasteiger partial charge in [-0.05, 0) is 23.3 Å². The van der Waals surface area contributed by atoms with Crippen molar-refractivity contribution in [2.75, 3.05) is 0 Å². The molecule has 2 N–H and O–H groups in total. The van der Waals surface area contributed by atoms with Gasteiger partial charge in [-0.25, -0.2) is 0 Å². The summed E-state index contributed by atoms with van der Waals surface area (Å²) in [4.78, 5) is 23.4. The van der Waals surface area contributed by atoms with Crippen molar-refractivity contribution in [1.82, 2.24) is 0 Å². The Balaban J connectivity index is 2.84. The van der Waals surface area contributed by atoms with Crippen molar-refractivity contribution >= 4 is 35.1 Å². The van der Waals surface area contributed by atoms with E-state index in [0.29, 0.717) is 0 Å². The summed E-state index contributed by atoms with van der Waals surface area (Å²) in [5.74, 6) is -2.58. The van der Waals surface area contributed by atoms with Gasteiger partial charge in [-0.15, -0.1) is 0 Å². The molecule has 0 saturated carbocycles. The van der Waals surface area contributed by atoms with E-state index in [4.69, 9.17) is 23.2 Å². The minimum absolute atomic E-state index is 0.172. The van der Waals surface area contributed by atoms with Gasteiger partial charge in [0, 0.05) is 10.0 Å². The number of aliphatic carboxylic acids is 2. The lowest BCUT2D eigenvalue weighted by atomic mass is 9.72. The van der Waals surface area contributed by atoms with Crippen LogP contribution in [0.5, 0.6) is 0 Å². The van der Waals surface area contributed by atoms with Crippen LogP contribution < -0.4 is 0 Å². The number of carboxylic acids is 2. The van der Waals surface area contributed by atoms with Crippen LogP contribution in [0, 0.1) is 0 Å². The van der Waals surface area contributed by atoms with Crippen LogP contribution in [0.15, 0.2) is 48.5 Å². The third-order valence-corrected chi connectivity index (χ3v) is 4.11. The summed E-state index contributed by atoms with van der Waals surface area (Å²) < 4.78 is 0. The Morgan fingerprint density at radius 1 is 0.864 bits per heavy atom. The normalized spacial score (nSPS) is 11.2. The minimum atomic E-state index is -1.86. The van der Waals surface area contributed by atoms with E-state index in [0.717, 1.165) is 0 Å². The summed E-state index contributed by atoms with van der Waals surface area (Å²) in [6.07, 6.45) is -0.671. The molecule has 0 radical (unpaired) electrons. The van der Waals surface area contributed by atoms with E-state index in [2.05, 4.69) is 0 Å². The fraction of sp³-hybridized carbons (Fsp3) is 0.125. The maximum atomic E-state index is 12.1. The van der Waals surface area contributed by atoms with Crippen LogP contribution in [0.3, 0.4) is 0 Å². The number of carboxylic acid groups (broad SMARTS) is 2. The summed E-state index contributed by atoms with van der Waals surface area (Å²) in [6.45, 7) is 0. The second kappa shape index (κ2) is 6.38. The van der Waals surface area contributed by atoms with Gasteiger partial charge in [0.15, 0.2) is 0 Å². The molecule has 2 rings (SSSR count). The fourth-order valence-corrected chi connectivity index (χ4v) is 3.08. The molecule has 0 aliphatic carbocycles. The van der Waals surface area contributed by atoms with Gasteiger partial charge in [0.05, 0.1) is 6.42 Å². The van der Waals surface area contributed by atoms with Gasteiger partial charge < -0.3 is 10.2 Å². The van der Waals surface area contributed by atoms with Crippen molar-refractivity contribution in [1.29, 1.82) is 0 Å². The molecule has 6 heteroatoms. The van der Waals surface area contributed by atoms with E-state index in [1.54, 1.807) is 24.3 Å². The predicted molar refractivity (Wildman–Crippen MR) is 83.6 cm³/mol. The molecule has 22 heavy (non-hydrogen) atoms. The molecule has 0 spiro atoms. The Bertz CT molecular complexity index is 682. The van der Waals surface area contributed by atoms with Gasteiger partial charge >= 0.3 is 11.9 Å². The van der Waals surface area contributed by atoms with Gasteiger partial charge in [0.25, 0.3) is 0 Å². The maximum Gasteiger partial charge on any atom is 0.319 e. The van der Waals surface area contributed by atoms with Crippen molar-refractivity contribution in [3.63, 3.8) is 0 Å². The third kappa shape index (κ3) is 2.80. The van der Waals surface area contributed by atoms with Crippen molar-refractivity contribution < 1.29 is 19.8 Å². The zero-order valence-corrected chi connectivity index (χ0v) is 12.8. The first-order chi connectivity index (χ1) is 10.4. The Labute approximate surface area is 136 Å². The Morgan fingerprint density at radius 3 is 1.59 bits per heavy atom. The van der Waals surface area contributed by atoms with Crippen LogP contribution in [-0.2, 0) is 15.0 Å². The van der Waals surface area contributed by atoms with Crippen molar-refractivity contribution in [2.45, 2.75) is 11.8 Å². The molecular weight excluding hydrogens is 327 g/mol. The highest BCUT2D eigenvalue weighted by atomic mass is 35.5. The number of hydrogen-bond donors (Lipinski definition) is 2. The van der Waals surface area contributed by atoms with Crippen molar-refractivity contribution in [2.24, 2.45) is 0 Å². The standard InChI is InChI=1S/C16H12Cl2O4/c17-12-7-3-1-5-10(12)16(15(21)22,9-14(19)20)11-6-2-4-8-13(11)18/h1-8H,9H2,(H,19,20)(H,21,22). The molecule has 0 saturated heterocycles. The summed E-state index contributed by atoms with van der Waals surface area (Å²) in [6, 6.07) is 12.6. The van der Waals surface area contributed by atoms with E-state index in [9.17, 15) is 19.8 Å². The van der Waals surface area contributed by atoms with Crippen LogP contribution in [0.4, 0.5) is 0 Å². The molecule has 114 valence electrons. The Kier molecular flexibility index (Phi) is 4.74. The third-order valence-electron chi connectivity index (χ3n) is 3.45. The second-order valence-corrected chi connectivity index (χ2v) is 5.56. The number of halogens is 2. The largest absolute Gasteiger partial charge is 0.481 e. The minimum Gasteiger partial charge on any atom is -0.481 e. The molecule has 0 heterocycles. The van der Waals surface area contributed by atoms with Gasteiger partial charge in [-0.1, -0.05) is 59.6 Å². The average molecular weight is 339 g/mol. The molecule has 0 unspecified atom stereocenters. The zero-order valence-electron chi connectivity index (χ0n) is 11.3. The first-order valence-corrected chi connectivity index (χ1v) is 7.10. The molecular formula is C16H12Cl2O4. The van der Waals surface area contributed by atoms with Crippen molar-refractivity contribution in [3.05, 3.63) is 69.7 Å². The van der Waals surface area contributed by atoms with E-state index in [1.165, 1.54) is 24.3 Å². The highest BCUT2D eigenvalue weighted by molar-refractivity contribution is 6.33. The molecule has 0 fully saturated rings. The topological polar surface area (TPSA) is 74.6 Å². The first kappa shape index (κ1) is 16.3. The first-order valence-electron chi connectivity index (χ1n) is 6.35. The van der Waals surface area contributed by atoms with Crippen LogP contribution in [-0.4, -0.2) is 22.2 Å². The smallest absolute Gasteiger partial charge is 0.319 e. The molecule has 0 aromatic heterocycles. The van der Waals surface area contributed by atoms with E-state index in [-0.39, 0.29) is 21.2 Å². The van der Waals surface area contributed by atoms with Crippen molar-refractivity contribution in [3.8, 4) is 0 Å². The molecule has 0 atom stereocenters.